The third kappa shape index (κ3) is 3.98. The van der Waals surface area contributed by atoms with Gasteiger partial charge in [0.1, 0.15) is 11.6 Å². The number of para-hydroxylation sites is 1. The summed E-state index contributed by atoms with van der Waals surface area (Å²) >= 11 is 0. The quantitative estimate of drug-likeness (QED) is 0.318. The van der Waals surface area contributed by atoms with Gasteiger partial charge in [0.05, 0.1) is 40.7 Å². The molecule has 172 valence electrons. The Morgan fingerprint density at radius 1 is 0.879 bits per heavy atom. The summed E-state index contributed by atoms with van der Waals surface area (Å²) in [6, 6.07) is 8.44. The molecular weight excluding hydrogens is 455 g/mol. The number of fused-ring (bicyclic) bond motifs is 1. The van der Waals surface area contributed by atoms with Crippen LogP contribution in [0.25, 0.3) is 28.0 Å². The summed E-state index contributed by atoms with van der Waals surface area (Å²) in [4.78, 5) is 4.11. The van der Waals surface area contributed by atoms with Gasteiger partial charge in [-0.2, -0.15) is 31.4 Å². The van der Waals surface area contributed by atoms with Crippen molar-refractivity contribution in [3.05, 3.63) is 71.2 Å². The van der Waals surface area contributed by atoms with E-state index in [-0.39, 0.29) is 17.0 Å². The average molecular weight is 469 g/mol. The molecule has 33 heavy (non-hydrogen) atoms. The fraction of sp³-hybridized carbons (Fsp3) is 0.182. The van der Waals surface area contributed by atoms with Crippen molar-refractivity contribution in [2.75, 3.05) is 7.11 Å². The van der Waals surface area contributed by atoms with Gasteiger partial charge in [-0.1, -0.05) is 12.1 Å². The van der Waals surface area contributed by atoms with Gasteiger partial charge in [0.25, 0.3) is 0 Å². The van der Waals surface area contributed by atoms with Crippen molar-refractivity contribution in [1.29, 1.82) is 0 Å². The average Bonchev–Trinajstić information content (AvgIpc) is 3.08. The Bertz CT molecular complexity index is 1360. The lowest BCUT2D eigenvalue weighted by molar-refractivity contribution is -0.138. The van der Waals surface area contributed by atoms with Crippen molar-refractivity contribution in [2.24, 2.45) is 0 Å². The monoisotopic (exact) mass is 469 g/mol. The molecule has 0 N–H and O–H groups in total. The molecule has 0 radical (unpaired) electrons. The van der Waals surface area contributed by atoms with E-state index in [0.29, 0.717) is 10.7 Å². The highest BCUT2D eigenvalue weighted by Gasteiger charge is 2.38. The fourth-order valence-corrected chi connectivity index (χ4v) is 3.55. The summed E-state index contributed by atoms with van der Waals surface area (Å²) in [6.45, 7) is 1.24. The molecule has 0 unspecified atom stereocenters. The first kappa shape index (κ1) is 22.6. The normalized spacial score (nSPS) is 12.4. The Morgan fingerprint density at radius 3 is 2.15 bits per heavy atom. The number of hydrogen-bond donors (Lipinski definition) is 0. The minimum Gasteiger partial charge on any atom is -0.497 e. The zero-order valence-corrected chi connectivity index (χ0v) is 17.0. The summed E-state index contributed by atoms with van der Waals surface area (Å²) in [5, 5.41) is 3.46. The molecular formula is C22H14F7N3O. The van der Waals surface area contributed by atoms with Gasteiger partial charge in [0.2, 0.25) is 0 Å². The molecule has 4 rings (SSSR count). The van der Waals surface area contributed by atoms with Crippen molar-refractivity contribution in [2.45, 2.75) is 19.3 Å². The molecule has 0 saturated carbocycles. The number of benzene rings is 2. The smallest absolute Gasteiger partial charge is 0.418 e. The van der Waals surface area contributed by atoms with E-state index in [9.17, 15) is 30.7 Å². The highest BCUT2D eigenvalue weighted by molar-refractivity contribution is 5.87. The zero-order chi connectivity index (χ0) is 24.1. The molecule has 2 heterocycles. The number of methoxy groups -OCH3 is 1. The Morgan fingerprint density at radius 2 is 1.55 bits per heavy atom. The number of pyridine rings is 1. The van der Waals surface area contributed by atoms with Gasteiger partial charge < -0.3 is 4.74 Å². The molecule has 0 spiro atoms. The minimum absolute atomic E-state index is 0.133. The molecule has 4 nitrogen and oxygen atoms in total. The molecule has 0 saturated heterocycles. The van der Waals surface area contributed by atoms with Gasteiger partial charge >= 0.3 is 12.4 Å². The van der Waals surface area contributed by atoms with Crippen molar-refractivity contribution in [3.8, 4) is 22.7 Å². The first-order valence-electron chi connectivity index (χ1n) is 9.40. The molecule has 0 amide bonds. The fourth-order valence-electron chi connectivity index (χ4n) is 3.55. The molecule has 0 aliphatic heterocycles. The van der Waals surface area contributed by atoms with Gasteiger partial charge in [-0.05, 0) is 37.3 Å². The van der Waals surface area contributed by atoms with Crippen LogP contribution in [-0.4, -0.2) is 21.9 Å². The predicted molar refractivity (Wildman–Crippen MR) is 106 cm³/mol. The van der Waals surface area contributed by atoms with Crippen LogP contribution in [0.5, 0.6) is 5.75 Å². The number of ether oxygens (including phenoxy) is 1. The van der Waals surface area contributed by atoms with Gasteiger partial charge in [0, 0.05) is 11.6 Å². The maximum absolute atomic E-state index is 14.6. The van der Waals surface area contributed by atoms with Crippen LogP contribution >= 0.6 is 0 Å². The van der Waals surface area contributed by atoms with Gasteiger partial charge in [-0.15, -0.1) is 0 Å². The van der Waals surface area contributed by atoms with E-state index >= 15 is 0 Å². The third-order valence-electron chi connectivity index (χ3n) is 5.01. The second-order valence-electron chi connectivity index (χ2n) is 7.11. The summed E-state index contributed by atoms with van der Waals surface area (Å²) in [7, 11) is 1.29. The largest absolute Gasteiger partial charge is 0.497 e. The molecule has 2 aromatic carbocycles. The molecule has 0 atom stereocenters. The minimum atomic E-state index is -4.90. The Labute approximate surface area is 182 Å². The summed E-state index contributed by atoms with van der Waals surface area (Å²) < 4.78 is 103. The number of rotatable bonds is 3. The topological polar surface area (TPSA) is 39.9 Å². The molecule has 0 aliphatic carbocycles. The van der Waals surface area contributed by atoms with Crippen LogP contribution in [0.2, 0.25) is 0 Å². The van der Waals surface area contributed by atoms with Crippen molar-refractivity contribution >= 4 is 11.0 Å². The lowest BCUT2D eigenvalue weighted by atomic mass is 10.0. The van der Waals surface area contributed by atoms with Crippen LogP contribution in [0.4, 0.5) is 30.7 Å². The first-order valence-corrected chi connectivity index (χ1v) is 9.40. The third-order valence-corrected chi connectivity index (χ3v) is 5.01. The molecule has 4 aromatic rings. The van der Waals surface area contributed by atoms with Crippen molar-refractivity contribution in [3.63, 3.8) is 0 Å². The second-order valence-corrected chi connectivity index (χ2v) is 7.11. The number of aromatic nitrogens is 3. The molecule has 11 heteroatoms. The standard InChI is InChI=1S/C22H14F7N3O/c1-11-19-15(22(27,28)29)10-17(13-8-7-12(33-2)9-16(13)23)30-20(19)32(31-11)18-6-4-3-5-14(18)21(24,25)26/h3-10H,1-2H3. The van der Waals surface area contributed by atoms with Crippen LogP contribution in [0.1, 0.15) is 16.8 Å². The van der Waals surface area contributed by atoms with E-state index in [1.54, 1.807) is 0 Å². The van der Waals surface area contributed by atoms with Gasteiger partial charge in [-0.3, -0.25) is 0 Å². The van der Waals surface area contributed by atoms with Crippen molar-refractivity contribution < 1.29 is 35.5 Å². The molecule has 2 aromatic heterocycles. The maximum atomic E-state index is 14.6. The van der Waals surface area contributed by atoms with E-state index in [1.165, 1.54) is 32.2 Å². The van der Waals surface area contributed by atoms with Crippen LogP contribution in [0, 0.1) is 12.7 Å². The summed E-state index contributed by atoms with van der Waals surface area (Å²) in [6.07, 6.45) is -9.70. The van der Waals surface area contributed by atoms with Crippen LogP contribution in [0.15, 0.2) is 48.5 Å². The van der Waals surface area contributed by atoms with Crippen molar-refractivity contribution in [1.82, 2.24) is 14.8 Å². The number of alkyl halides is 6. The van der Waals surface area contributed by atoms with Gasteiger partial charge in [-0.25, -0.2) is 14.1 Å². The van der Waals surface area contributed by atoms with Gasteiger partial charge in [0.15, 0.2) is 5.65 Å². The van der Waals surface area contributed by atoms with E-state index in [2.05, 4.69) is 10.1 Å². The lowest BCUT2D eigenvalue weighted by Crippen LogP contribution is -2.12. The molecule has 0 aliphatic rings. The van der Waals surface area contributed by atoms with E-state index < -0.39 is 51.7 Å². The number of hydrogen-bond acceptors (Lipinski definition) is 3. The SMILES string of the molecule is COc1ccc(-c2cc(C(F)(F)F)c3c(C)nn(-c4ccccc4C(F)(F)F)c3n2)c(F)c1. The summed E-state index contributed by atoms with van der Waals surface area (Å²) in [5.41, 5.74) is -4.15. The van der Waals surface area contributed by atoms with E-state index in [4.69, 9.17) is 4.74 Å². The number of nitrogens with zero attached hydrogens (tertiary/aromatic N) is 3. The highest BCUT2D eigenvalue weighted by Crippen LogP contribution is 2.41. The second kappa shape index (κ2) is 7.75. The zero-order valence-electron chi connectivity index (χ0n) is 17.0. The van der Waals surface area contributed by atoms with E-state index in [1.807, 2.05) is 0 Å². The first-order chi connectivity index (χ1) is 15.4. The molecule has 0 bridgehead atoms. The highest BCUT2D eigenvalue weighted by atomic mass is 19.4. The van der Waals surface area contributed by atoms with Crippen LogP contribution in [-0.2, 0) is 12.4 Å². The molecule has 0 fully saturated rings. The number of halogens is 7. The Balaban J connectivity index is 2.08. The Hall–Kier alpha value is -3.63. The van der Waals surface area contributed by atoms with E-state index in [0.717, 1.165) is 24.3 Å². The summed E-state index contributed by atoms with van der Waals surface area (Å²) in [5.74, 6) is -0.777. The lowest BCUT2D eigenvalue weighted by Gasteiger charge is -2.15. The maximum Gasteiger partial charge on any atom is 0.418 e. The number of aryl methyl sites for hydroxylation is 1. The Kier molecular flexibility index (Phi) is 5.30. The van der Waals surface area contributed by atoms with Crippen LogP contribution < -0.4 is 4.74 Å². The predicted octanol–water partition coefficient (Wildman–Crippen LogP) is 6.58. The van der Waals surface area contributed by atoms with Crippen LogP contribution in [0.3, 0.4) is 0 Å².